The zero-order valence-electron chi connectivity index (χ0n) is 10.8. The maximum atomic E-state index is 5.07. The number of hydrogen-bond donors (Lipinski definition) is 1. The molecule has 3 nitrogen and oxygen atoms in total. The van der Waals surface area contributed by atoms with E-state index < -0.39 is 0 Å². The molecule has 4 rings (SSSR count). The van der Waals surface area contributed by atoms with Crippen molar-refractivity contribution < 1.29 is 4.74 Å². The average molecular weight is 244 g/mol. The van der Waals surface area contributed by atoms with Crippen LogP contribution in [0.2, 0.25) is 0 Å². The second-order valence-corrected chi connectivity index (χ2v) is 6.10. The summed E-state index contributed by atoms with van der Waals surface area (Å²) in [4.78, 5) is 4.25. The Hall–Kier alpha value is -1.09. The molecule has 3 aliphatic carbocycles. The highest BCUT2D eigenvalue weighted by Gasteiger charge is 2.64. The van der Waals surface area contributed by atoms with Gasteiger partial charge in [0.25, 0.3) is 0 Å². The minimum absolute atomic E-state index is 0.695. The molecule has 1 aromatic rings. The smallest absolute Gasteiger partial charge is 0.212 e. The molecular formula is C15H20N2O. The molecule has 4 unspecified atom stereocenters. The van der Waals surface area contributed by atoms with Gasteiger partial charge in [0.05, 0.1) is 7.11 Å². The van der Waals surface area contributed by atoms with Gasteiger partial charge in [-0.2, -0.15) is 0 Å². The van der Waals surface area contributed by atoms with Gasteiger partial charge < -0.3 is 10.1 Å². The first kappa shape index (κ1) is 10.8. The van der Waals surface area contributed by atoms with Crippen molar-refractivity contribution in [1.82, 2.24) is 10.3 Å². The van der Waals surface area contributed by atoms with Crippen molar-refractivity contribution in [2.75, 3.05) is 7.11 Å². The van der Waals surface area contributed by atoms with Gasteiger partial charge in [-0.05, 0) is 48.5 Å². The van der Waals surface area contributed by atoms with Gasteiger partial charge in [-0.1, -0.05) is 6.07 Å². The quantitative estimate of drug-likeness (QED) is 0.882. The van der Waals surface area contributed by atoms with Crippen molar-refractivity contribution in [1.29, 1.82) is 0 Å². The van der Waals surface area contributed by atoms with Gasteiger partial charge in [-0.3, -0.25) is 0 Å². The summed E-state index contributed by atoms with van der Waals surface area (Å²) in [6, 6.07) is 4.85. The summed E-state index contributed by atoms with van der Waals surface area (Å²) in [5.74, 6) is 4.81. The molecule has 0 saturated heterocycles. The highest BCUT2D eigenvalue weighted by atomic mass is 16.5. The van der Waals surface area contributed by atoms with Crippen molar-refractivity contribution in [3.05, 3.63) is 23.9 Å². The van der Waals surface area contributed by atoms with Gasteiger partial charge in [0.15, 0.2) is 0 Å². The van der Waals surface area contributed by atoms with Crippen LogP contribution in [0.1, 0.15) is 24.8 Å². The number of rotatable bonds is 4. The number of aromatic nitrogens is 1. The van der Waals surface area contributed by atoms with Crippen LogP contribution in [0.3, 0.4) is 0 Å². The molecule has 18 heavy (non-hydrogen) atoms. The molecule has 1 N–H and O–H groups in total. The molecule has 1 aromatic heterocycles. The number of ether oxygens (including phenoxy) is 1. The van der Waals surface area contributed by atoms with Crippen LogP contribution in [0.4, 0.5) is 0 Å². The van der Waals surface area contributed by atoms with Gasteiger partial charge in [0.2, 0.25) is 5.88 Å². The maximum Gasteiger partial charge on any atom is 0.212 e. The van der Waals surface area contributed by atoms with Crippen LogP contribution in [-0.4, -0.2) is 18.1 Å². The van der Waals surface area contributed by atoms with Crippen molar-refractivity contribution in [2.45, 2.75) is 31.8 Å². The van der Waals surface area contributed by atoms with Crippen LogP contribution in [0, 0.1) is 23.7 Å². The minimum atomic E-state index is 0.695. The number of pyridine rings is 1. The molecule has 0 spiro atoms. The van der Waals surface area contributed by atoms with E-state index in [1.807, 2.05) is 12.3 Å². The fourth-order valence-electron chi connectivity index (χ4n) is 4.47. The van der Waals surface area contributed by atoms with Crippen molar-refractivity contribution in [2.24, 2.45) is 23.7 Å². The number of nitrogens with zero attached hydrogens (tertiary/aromatic N) is 1. The third kappa shape index (κ3) is 1.57. The number of nitrogens with one attached hydrogen (secondary N) is 1. The van der Waals surface area contributed by atoms with Crippen LogP contribution in [0.15, 0.2) is 18.3 Å². The van der Waals surface area contributed by atoms with E-state index in [2.05, 4.69) is 16.4 Å². The Labute approximate surface area is 108 Å². The van der Waals surface area contributed by atoms with Gasteiger partial charge in [0, 0.05) is 24.8 Å². The van der Waals surface area contributed by atoms with E-state index in [1.54, 1.807) is 7.11 Å². The largest absolute Gasteiger partial charge is 0.481 e. The number of methoxy groups -OCH3 is 1. The molecular weight excluding hydrogens is 224 g/mol. The van der Waals surface area contributed by atoms with E-state index in [0.29, 0.717) is 5.88 Å². The molecule has 1 heterocycles. The zero-order chi connectivity index (χ0) is 12.1. The molecule has 0 radical (unpaired) electrons. The Morgan fingerprint density at radius 3 is 2.67 bits per heavy atom. The molecule has 0 amide bonds. The minimum Gasteiger partial charge on any atom is -0.481 e. The SMILES string of the molecule is COc1ccc(CNC2C3C4CCC(C4)C23)cn1. The normalized spacial score (nSPS) is 39.7. The van der Waals surface area contributed by atoms with Gasteiger partial charge in [-0.25, -0.2) is 4.98 Å². The van der Waals surface area contributed by atoms with Crippen LogP contribution < -0.4 is 10.1 Å². The van der Waals surface area contributed by atoms with Gasteiger partial charge >= 0.3 is 0 Å². The topological polar surface area (TPSA) is 34.1 Å². The van der Waals surface area contributed by atoms with E-state index in [-0.39, 0.29) is 0 Å². The lowest BCUT2D eigenvalue weighted by molar-refractivity contribution is 0.397. The predicted molar refractivity (Wildman–Crippen MR) is 69.2 cm³/mol. The van der Waals surface area contributed by atoms with Crippen molar-refractivity contribution >= 4 is 0 Å². The summed E-state index contributed by atoms with van der Waals surface area (Å²) in [7, 11) is 1.65. The Balaban J connectivity index is 1.34. The number of fused-ring (bicyclic) bond motifs is 5. The van der Waals surface area contributed by atoms with E-state index >= 15 is 0 Å². The number of hydrogen-bond acceptors (Lipinski definition) is 3. The van der Waals surface area contributed by atoms with E-state index in [4.69, 9.17) is 4.74 Å². The van der Waals surface area contributed by atoms with Gasteiger partial charge in [0.1, 0.15) is 0 Å². The molecule has 3 saturated carbocycles. The van der Waals surface area contributed by atoms with Crippen LogP contribution in [0.25, 0.3) is 0 Å². The Kier molecular flexibility index (Phi) is 2.37. The highest BCUT2D eigenvalue weighted by Crippen LogP contribution is 2.65. The second kappa shape index (κ2) is 3.95. The summed E-state index contributed by atoms with van der Waals surface area (Å²) < 4.78 is 5.07. The Morgan fingerprint density at radius 2 is 2.06 bits per heavy atom. The molecule has 0 aromatic carbocycles. The van der Waals surface area contributed by atoms with Crippen molar-refractivity contribution in [3.63, 3.8) is 0 Å². The molecule has 4 atom stereocenters. The third-order valence-electron chi connectivity index (χ3n) is 5.28. The summed E-state index contributed by atoms with van der Waals surface area (Å²) in [6.45, 7) is 0.952. The predicted octanol–water partition coefficient (Wildman–Crippen LogP) is 2.22. The fraction of sp³-hybridized carbons (Fsp3) is 0.667. The Morgan fingerprint density at radius 1 is 1.28 bits per heavy atom. The van der Waals surface area contributed by atoms with Crippen LogP contribution in [-0.2, 0) is 6.54 Å². The summed E-state index contributed by atoms with van der Waals surface area (Å²) >= 11 is 0. The first-order valence-electron chi connectivity index (χ1n) is 7.09. The lowest BCUT2D eigenvalue weighted by atomic mass is 10.0. The molecule has 2 bridgehead atoms. The lowest BCUT2D eigenvalue weighted by Crippen LogP contribution is -2.22. The van der Waals surface area contributed by atoms with Crippen LogP contribution in [0.5, 0.6) is 5.88 Å². The molecule has 96 valence electrons. The van der Waals surface area contributed by atoms with Crippen LogP contribution >= 0.6 is 0 Å². The molecule has 3 heteroatoms. The maximum absolute atomic E-state index is 5.07. The van der Waals surface area contributed by atoms with E-state index in [9.17, 15) is 0 Å². The third-order valence-corrected chi connectivity index (χ3v) is 5.28. The monoisotopic (exact) mass is 244 g/mol. The van der Waals surface area contributed by atoms with Gasteiger partial charge in [-0.15, -0.1) is 0 Å². The fourth-order valence-corrected chi connectivity index (χ4v) is 4.47. The second-order valence-electron chi connectivity index (χ2n) is 6.10. The molecule has 3 fully saturated rings. The standard InChI is InChI=1S/C15H20N2O/c1-18-12-5-2-9(7-16-12)8-17-15-13-10-3-4-11(6-10)14(13)15/h2,5,7,10-11,13-15,17H,3-4,6,8H2,1H3. The summed E-state index contributed by atoms with van der Waals surface area (Å²) in [5.41, 5.74) is 1.26. The molecule has 0 aliphatic heterocycles. The first-order valence-corrected chi connectivity index (χ1v) is 7.09. The summed E-state index contributed by atoms with van der Waals surface area (Å²) in [5, 5.41) is 3.73. The average Bonchev–Trinajstić information content (AvgIpc) is 2.81. The van der Waals surface area contributed by atoms with Crippen molar-refractivity contribution in [3.8, 4) is 5.88 Å². The lowest BCUT2D eigenvalue weighted by Gasteiger charge is -2.10. The summed E-state index contributed by atoms with van der Waals surface area (Å²) in [6.07, 6.45) is 6.43. The van der Waals surface area contributed by atoms with E-state index in [0.717, 1.165) is 36.3 Å². The van der Waals surface area contributed by atoms with E-state index in [1.165, 1.54) is 24.8 Å². The molecule has 3 aliphatic rings. The highest BCUT2D eigenvalue weighted by molar-refractivity contribution is 5.20. The zero-order valence-corrected chi connectivity index (χ0v) is 10.8. The Bertz CT molecular complexity index is 428. The first-order chi connectivity index (χ1) is 8.86.